The summed E-state index contributed by atoms with van der Waals surface area (Å²) in [4.78, 5) is 16.9. The number of para-hydroxylation sites is 2. The van der Waals surface area contributed by atoms with Gasteiger partial charge in [-0.05, 0) is 29.8 Å². The summed E-state index contributed by atoms with van der Waals surface area (Å²) < 4.78 is 21.1. The molecule has 25 heavy (non-hydrogen) atoms. The summed E-state index contributed by atoms with van der Waals surface area (Å²) in [5.41, 5.74) is 2.03. The second kappa shape index (κ2) is 7.25. The number of cyclic esters (lactones) is 1. The lowest BCUT2D eigenvalue weighted by Gasteiger charge is -2.13. The minimum Gasteiger partial charge on any atom is -0.494 e. The van der Waals surface area contributed by atoms with Gasteiger partial charge in [-0.25, -0.2) is 4.99 Å². The molecule has 0 bridgehead atoms. The lowest BCUT2D eigenvalue weighted by atomic mass is 9.95. The Kier molecular flexibility index (Phi) is 4.88. The Bertz CT molecular complexity index is 815. The average Bonchev–Trinajstić information content (AvgIpc) is 3.01. The van der Waals surface area contributed by atoms with Crippen molar-refractivity contribution in [2.24, 2.45) is 4.99 Å². The van der Waals surface area contributed by atoms with E-state index in [0.29, 0.717) is 28.6 Å². The Balaban J connectivity index is 2.02. The highest BCUT2D eigenvalue weighted by Gasteiger charge is 2.35. The SMILES string of the molecule is COc1ccccc1N=C1COC(=O)C1c1ccc(OC)c(OC)c1. The van der Waals surface area contributed by atoms with Gasteiger partial charge in [-0.1, -0.05) is 18.2 Å². The van der Waals surface area contributed by atoms with Crippen molar-refractivity contribution in [1.29, 1.82) is 0 Å². The minimum atomic E-state index is -0.579. The highest BCUT2D eigenvalue weighted by molar-refractivity contribution is 6.13. The van der Waals surface area contributed by atoms with E-state index in [4.69, 9.17) is 18.9 Å². The summed E-state index contributed by atoms with van der Waals surface area (Å²) in [7, 11) is 4.70. The van der Waals surface area contributed by atoms with Crippen molar-refractivity contribution in [2.45, 2.75) is 5.92 Å². The van der Waals surface area contributed by atoms with Gasteiger partial charge in [0.05, 0.1) is 27.0 Å². The second-order valence-corrected chi connectivity index (χ2v) is 5.43. The second-order valence-electron chi connectivity index (χ2n) is 5.43. The molecule has 0 aromatic heterocycles. The molecule has 0 N–H and O–H groups in total. The van der Waals surface area contributed by atoms with E-state index in [-0.39, 0.29) is 12.6 Å². The molecule has 1 fully saturated rings. The van der Waals surface area contributed by atoms with Crippen molar-refractivity contribution in [3.8, 4) is 17.2 Å². The van der Waals surface area contributed by atoms with E-state index in [1.54, 1.807) is 33.5 Å². The molecule has 2 aromatic carbocycles. The lowest BCUT2D eigenvalue weighted by Crippen LogP contribution is -2.13. The molecule has 6 nitrogen and oxygen atoms in total. The number of carbonyl (C=O) groups is 1. The van der Waals surface area contributed by atoms with E-state index in [0.717, 1.165) is 5.56 Å². The van der Waals surface area contributed by atoms with Crippen LogP contribution in [0.1, 0.15) is 11.5 Å². The van der Waals surface area contributed by atoms with Gasteiger partial charge in [0.1, 0.15) is 24.0 Å². The third kappa shape index (κ3) is 3.28. The summed E-state index contributed by atoms with van der Waals surface area (Å²) in [6.07, 6.45) is 0. The Morgan fingerprint density at radius 2 is 1.68 bits per heavy atom. The summed E-state index contributed by atoms with van der Waals surface area (Å²) in [6, 6.07) is 12.7. The van der Waals surface area contributed by atoms with Gasteiger partial charge < -0.3 is 18.9 Å². The van der Waals surface area contributed by atoms with E-state index >= 15 is 0 Å². The highest BCUT2D eigenvalue weighted by Crippen LogP contribution is 2.35. The quantitative estimate of drug-likeness (QED) is 0.782. The van der Waals surface area contributed by atoms with Gasteiger partial charge in [-0.15, -0.1) is 0 Å². The molecule has 6 heteroatoms. The summed E-state index contributed by atoms with van der Waals surface area (Å²) in [6.45, 7) is 0.149. The van der Waals surface area contributed by atoms with Crippen LogP contribution in [0.5, 0.6) is 17.2 Å². The van der Waals surface area contributed by atoms with E-state index in [1.165, 1.54) is 0 Å². The molecule has 2 aromatic rings. The first-order valence-corrected chi connectivity index (χ1v) is 7.77. The average molecular weight is 341 g/mol. The molecule has 1 heterocycles. The van der Waals surface area contributed by atoms with Crippen LogP contribution < -0.4 is 14.2 Å². The number of hydrogen-bond donors (Lipinski definition) is 0. The minimum absolute atomic E-state index is 0.149. The van der Waals surface area contributed by atoms with Gasteiger partial charge in [0.2, 0.25) is 0 Å². The zero-order chi connectivity index (χ0) is 17.8. The van der Waals surface area contributed by atoms with Gasteiger partial charge in [0.15, 0.2) is 11.5 Å². The van der Waals surface area contributed by atoms with E-state index < -0.39 is 5.92 Å². The zero-order valence-corrected chi connectivity index (χ0v) is 14.3. The first kappa shape index (κ1) is 16.8. The van der Waals surface area contributed by atoms with Crippen LogP contribution in [0.4, 0.5) is 5.69 Å². The fourth-order valence-corrected chi connectivity index (χ4v) is 2.78. The molecule has 1 aliphatic heterocycles. The molecule has 0 radical (unpaired) electrons. The third-order valence-electron chi connectivity index (χ3n) is 4.02. The summed E-state index contributed by atoms with van der Waals surface area (Å²) in [5, 5.41) is 0. The van der Waals surface area contributed by atoms with Gasteiger partial charge in [0, 0.05) is 0 Å². The predicted octanol–water partition coefficient (Wildman–Crippen LogP) is 3.13. The topological polar surface area (TPSA) is 66.4 Å². The Morgan fingerprint density at radius 3 is 2.40 bits per heavy atom. The number of nitrogens with zero attached hydrogens (tertiary/aromatic N) is 1. The first-order valence-electron chi connectivity index (χ1n) is 7.77. The largest absolute Gasteiger partial charge is 0.494 e. The van der Waals surface area contributed by atoms with Crippen molar-refractivity contribution < 1.29 is 23.7 Å². The number of aliphatic imine (C=N–C) groups is 1. The molecule has 0 aliphatic carbocycles. The number of rotatable bonds is 5. The zero-order valence-electron chi connectivity index (χ0n) is 14.3. The van der Waals surface area contributed by atoms with E-state index in [2.05, 4.69) is 4.99 Å². The van der Waals surface area contributed by atoms with Gasteiger partial charge in [0.25, 0.3) is 0 Å². The van der Waals surface area contributed by atoms with Crippen LogP contribution in [0, 0.1) is 0 Å². The van der Waals surface area contributed by atoms with Crippen LogP contribution in [0.3, 0.4) is 0 Å². The number of methoxy groups -OCH3 is 3. The Hall–Kier alpha value is -3.02. The maximum Gasteiger partial charge on any atom is 0.319 e. The summed E-state index contributed by atoms with van der Waals surface area (Å²) in [5.74, 6) is 0.878. The van der Waals surface area contributed by atoms with Crippen molar-refractivity contribution in [3.63, 3.8) is 0 Å². The maximum absolute atomic E-state index is 12.3. The molecule has 1 unspecified atom stereocenters. The number of carbonyl (C=O) groups excluding carboxylic acids is 1. The first-order chi connectivity index (χ1) is 12.2. The van der Waals surface area contributed by atoms with Crippen molar-refractivity contribution in [3.05, 3.63) is 48.0 Å². The molecule has 0 spiro atoms. The van der Waals surface area contributed by atoms with Crippen LogP contribution in [0.15, 0.2) is 47.5 Å². The van der Waals surface area contributed by atoms with Crippen molar-refractivity contribution >= 4 is 17.4 Å². The summed E-state index contributed by atoms with van der Waals surface area (Å²) >= 11 is 0. The number of ether oxygens (including phenoxy) is 4. The normalized spacial score (nSPS) is 18.1. The molecule has 3 rings (SSSR count). The molecule has 1 saturated heterocycles. The number of hydrogen-bond acceptors (Lipinski definition) is 6. The molecule has 1 aliphatic rings. The van der Waals surface area contributed by atoms with Crippen LogP contribution in [-0.2, 0) is 9.53 Å². The molecule has 0 saturated carbocycles. The van der Waals surface area contributed by atoms with Gasteiger partial charge in [-0.3, -0.25) is 4.79 Å². The van der Waals surface area contributed by atoms with Gasteiger partial charge in [-0.2, -0.15) is 0 Å². The standard InChI is InChI=1S/C19H19NO5/c1-22-15-7-5-4-6-13(15)20-14-11-25-19(21)18(14)12-8-9-16(23-2)17(10-12)24-3/h4-10,18H,11H2,1-3H3. The van der Waals surface area contributed by atoms with Crippen LogP contribution in [0.2, 0.25) is 0 Å². The molecule has 130 valence electrons. The fourth-order valence-electron chi connectivity index (χ4n) is 2.78. The Morgan fingerprint density at radius 1 is 0.960 bits per heavy atom. The van der Waals surface area contributed by atoms with E-state index in [9.17, 15) is 4.79 Å². The van der Waals surface area contributed by atoms with Crippen LogP contribution >= 0.6 is 0 Å². The predicted molar refractivity (Wildman–Crippen MR) is 93.3 cm³/mol. The molecule has 0 amide bonds. The van der Waals surface area contributed by atoms with Crippen LogP contribution in [-0.4, -0.2) is 39.6 Å². The molecular weight excluding hydrogens is 322 g/mol. The lowest BCUT2D eigenvalue weighted by molar-refractivity contribution is -0.139. The monoisotopic (exact) mass is 341 g/mol. The number of esters is 1. The Labute approximate surface area is 146 Å². The number of benzene rings is 2. The smallest absolute Gasteiger partial charge is 0.319 e. The van der Waals surface area contributed by atoms with Crippen molar-refractivity contribution in [1.82, 2.24) is 0 Å². The third-order valence-corrected chi connectivity index (χ3v) is 4.02. The van der Waals surface area contributed by atoms with E-state index in [1.807, 2.05) is 30.3 Å². The van der Waals surface area contributed by atoms with Gasteiger partial charge >= 0.3 is 5.97 Å². The van der Waals surface area contributed by atoms with Crippen molar-refractivity contribution in [2.75, 3.05) is 27.9 Å². The fraction of sp³-hybridized carbons (Fsp3) is 0.263. The maximum atomic E-state index is 12.3. The molecule has 1 atom stereocenters. The molecular formula is C19H19NO5. The van der Waals surface area contributed by atoms with Crippen LogP contribution in [0.25, 0.3) is 0 Å². The highest BCUT2D eigenvalue weighted by atomic mass is 16.5.